The van der Waals surface area contributed by atoms with Crippen molar-refractivity contribution < 1.29 is 4.79 Å². The Hall–Kier alpha value is -1.41. The first-order valence-corrected chi connectivity index (χ1v) is 5.92. The fraction of sp³-hybridized carbons (Fsp3) is 0.400. The van der Waals surface area contributed by atoms with Gasteiger partial charge >= 0.3 is 0 Å². The minimum absolute atomic E-state index is 0.0479. The van der Waals surface area contributed by atoms with Gasteiger partial charge in [0.2, 0.25) is 0 Å². The van der Waals surface area contributed by atoms with Crippen LogP contribution in [0.3, 0.4) is 0 Å². The summed E-state index contributed by atoms with van der Waals surface area (Å²) in [5.41, 5.74) is 2.30. The maximum Gasteiger partial charge on any atom is 0.159 e. The average Bonchev–Trinajstić information content (AvgIpc) is 2.27. The van der Waals surface area contributed by atoms with Gasteiger partial charge in [0.05, 0.1) is 0 Å². The van der Waals surface area contributed by atoms with E-state index in [1.165, 1.54) is 5.56 Å². The van der Waals surface area contributed by atoms with Crippen LogP contribution in [0.25, 0.3) is 6.08 Å². The topological polar surface area (TPSA) is 20.3 Å². The molecule has 1 atom stereocenters. The molecule has 1 unspecified atom stereocenters. The minimum Gasteiger partial charge on any atom is -0.309 e. The lowest BCUT2D eigenvalue weighted by Gasteiger charge is -2.13. The third kappa shape index (κ3) is 4.96. The highest BCUT2D eigenvalue weighted by molar-refractivity contribution is 5.95. The summed E-state index contributed by atoms with van der Waals surface area (Å²) in [5, 5.41) is 0. The van der Waals surface area contributed by atoms with Gasteiger partial charge in [0, 0.05) is 12.5 Å². The molecule has 0 amide bonds. The Balaban J connectivity index is 2.58. The van der Waals surface area contributed by atoms with Crippen LogP contribution < -0.4 is 0 Å². The lowest BCUT2D eigenvalue weighted by molar-refractivity contribution is -0.118. The van der Waals surface area contributed by atoms with Crippen LogP contribution in [-0.2, 0) is 4.79 Å². The van der Waals surface area contributed by atoms with E-state index >= 15 is 0 Å². The van der Waals surface area contributed by atoms with Gasteiger partial charge in [0.1, 0.15) is 0 Å². The molecule has 92 valence electrons. The van der Waals surface area contributed by atoms with Gasteiger partial charge < -0.3 is 4.90 Å². The second-order valence-electron chi connectivity index (χ2n) is 4.81. The first-order valence-electron chi connectivity index (χ1n) is 5.92. The molecule has 0 saturated carbocycles. The monoisotopic (exact) mass is 231 g/mol. The molecule has 0 aliphatic carbocycles. The number of aryl methyl sites for hydroxylation is 1. The van der Waals surface area contributed by atoms with E-state index in [9.17, 15) is 4.79 Å². The molecule has 0 bridgehead atoms. The zero-order valence-electron chi connectivity index (χ0n) is 11.1. The highest BCUT2D eigenvalue weighted by Gasteiger charge is 2.10. The van der Waals surface area contributed by atoms with Crippen molar-refractivity contribution in [2.24, 2.45) is 5.92 Å². The molecule has 17 heavy (non-hydrogen) atoms. The van der Waals surface area contributed by atoms with Crippen LogP contribution in [-0.4, -0.2) is 31.3 Å². The molecule has 0 fully saturated rings. The molecule has 1 aromatic carbocycles. The molecule has 1 rings (SSSR count). The Morgan fingerprint density at radius 2 is 1.88 bits per heavy atom. The van der Waals surface area contributed by atoms with Crippen LogP contribution >= 0.6 is 0 Å². The quantitative estimate of drug-likeness (QED) is 0.726. The third-order valence-electron chi connectivity index (χ3n) is 2.64. The molecule has 0 saturated heterocycles. The molecule has 1 aromatic rings. The number of allylic oxidation sites excluding steroid dienone is 1. The van der Waals surface area contributed by atoms with Crippen LogP contribution in [0.2, 0.25) is 0 Å². The second kappa shape index (κ2) is 6.36. The number of rotatable bonds is 5. The zero-order chi connectivity index (χ0) is 12.8. The van der Waals surface area contributed by atoms with E-state index in [2.05, 4.69) is 6.92 Å². The molecule has 0 N–H and O–H groups in total. The van der Waals surface area contributed by atoms with E-state index in [-0.39, 0.29) is 11.7 Å². The highest BCUT2D eigenvalue weighted by Crippen LogP contribution is 2.07. The van der Waals surface area contributed by atoms with Crippen molar-refractivity contribution in [2.75, 3.05) is 20.6 Å². The molecule has 0 heterocycles. The largest absolute Gasteiger partial charge is 0.309 e. The molecular weight excluding hydrogens is 210 g/mol. The molecule has 0 radical (unpaired) electrons. The molecule has 0 aliphatic heterocycles. The third-order valence-corrected chi connectivity index (χ3v) is 2.64. The summed E-state index contributed by atoms with van der Waals surface area (Å²) in [6.07, 6.45) is 3.56. The minimum atomic E-state index is 0.0479. The number of nitrogens with zero attached hydrogens (tertiary/aromatic N) is 1. The maximum absolute atomic E-state index is 11.8. The van der Waals surface area contributed by atoms with Crippen molar-refractivity contribution in [3.8, 4) is 0 Å². The zero-order valence-corrected chi connectivity index (χ0v) is 11.1. The lowest BCUT2D eigenvalue weighted by Crippen LogP contribution is -2.24. The number of carbonyl (C=O) groups is 1. The average molecular weight is 231 g/mol. The fourth-order valence-electron chi connectivity index (χ4n) is 1.66. The predicted molar refractivity (Wildman–Crippen MR) is 72.9 cm³/mol. The fourth-order valence-corrected chi connectivity index (χ4v) is 1.66. The van der Waals surface area contributed by atoms with Crippen LogP contribution in [0.4, 0.5) is 0 Å². The number of hydrogen-bond donors (Lipinski definition) is 0. The SMILES string of the molecule is Cc1ccc(/C=C/C(=O)C(C)CN(C)C)cc1. The van der Waals surface area contributed by atoms with Gasteiger partial charge in [-0.1, -0.05) is 42.8 Å². The number of hydrogen-bond acceptors (Lipinski definition) is 2. The Bertz CT molecular complexity index is 390. The van der Waals surface area contributed by atoms with E-state index in [0.29, 0.717) is 0 Å². The van der Waals surface area contributed by atoms with Gasteiger partial charge in [0.15, 0.2) is 5.78 Å². The van der Waals surface area contributed by atoms with Crippen molar-refractivity contribution in [2.45, 2.75) is 13.8 Å². The molecule has 2 heteroatoms. The summed E-state index contributed by atoms with van der Waals surface area (Å²) in [6, 6.07) is 8.15. The van der Waals surface area contributed by atoms with E-state index < -0.39 is 0 Å². The Morgan fingerprint density at radius 3 is 2.41 bits per heavy atom. The van der Waals surface area contributed by atoms with E-state index in [1.807, 2.05) is 56.3 Å². The van der Waals surface area contributed by atoms with E-state index in [4.69, 9.17) is 0 Å². The molecule has 0 aliphatic rings. The molecule has 0 aromatic heterocycles. The summed E-state index contributed by atoms with van der Waals surface area (Å²) >= 11 is 0. The van der Waals surface area contributed by atoms with Gasteiger partial charge in [-0.3, -0.25) is 4.79 Å². The molecular formula is C15H21NO. The van der Waals surface area contributed by atoms with E-state index in [1.54, 1.807) is 6.08 Å². The van der Waals surface area contributed by atoms with Crippen LogP contribution in [0.5, 0.6) is 0 Å². The number of benzene rings is 1. The maximum atomic E-state index is 11.8. The Labute approximate surface area is 104 Å². The van der Waals surface area contributed by atoms with Crippen molar-refractivity contribution in [3.63, 3.8) is 0 Å². The summed E-state index contributed by atoms with van der Waals surface area (Å²) in [4.78, 5) is 13.8. The first-order chi connectivity index (χ1) is 7.99. The predicted octanol–water partition coefficient (Wildman–Crippen LogP) is 2.78. The van der Waals surface area contributed by atoms with Crippen molar-refractivity contribution in [1.82, 2.24) is 4.90 Å². The van der Waals surface area contributed by atoms with Gasteiger partial charge in [-0.05, 0) is 32.7 Å². The summed E-state index contributed by atoms with van der Waals surface area (Å²) in [7, 11) is 3.96. The van der Waals surface area contributed by atoms with Gasteiger partial charge in [-0.2, -0.15) is 0 Å². The highest BCUT2D eigenvalue weighted by atomic mass is 16.1. The van der Waals surface area contributed by atoms with Gasteiger partial charge in [-0.15, -0.1) is 0 Å². The van der Waals surface area contributed by atoms with Crippen LogP contribution in [0.15, 0.2) is 30.3 Å². The number of ketones is 1. The summed E-state index contributed by atoms with van der Waals surface area (Å²) < 4.78 is 0. The lowest BCUT2D eigenvalue weighted by atomic mass is 10.0. The van der Waals surface area contributed by atoms with Crippen LogP contribution in [0.1, 0.15) is 18.1 Å². The number of carbonyl (C=O) groups excluding carboxylic acids is 1. The van der Waals surface area contributed by atoms with Crippen molar-refractivity contribution in [3.05, 3.63) is 41.5 Å². The van der Waals surface area contributed by atoms with Crippen LogP contribution in [0, 0.1) is 12.8 Å². The normalized spacial score (nSPS) is 13.2. The van der Waals surface area contributed by atoms with Crippen molar-refractivity contribution >= 4 is 11.9 Å². The van der Waals surface area contributed by atoms with Crippen molar-refractivity contribution in [1.29, 1.82) is 0 Å². The Kier molecular flexibility index (Phi) is 5.11. The molecule has 0 spiro atoms. The second-order valence-corrected chi connectivity index (χ2v) is 4.81. The first kappa shape index (κ1) is 13.7. The van der Waals surface area contributed by atoms with E-state index in [0.717, 1.165) is 12.1 Å². The standard InChI is InChI=1S/C15H21NO/c1-12-5-7-14(8-6-12)9-10-15(17)13(2)11-16(3)4/h5-10,13H,11H2,1-4H3/b10-9+. The Morgan fingerprint density at radius 1 is 1.29 bits per heavy atom. The summed E-state index contributed by atoms with van der Waals surface area (Å²) in [5.74, 6) is 0.228. The summed E-state index contributed by atoms with van der Waals surface area (Å²) in [6.45, 7) is 4.80. The van der Waals surface area contributed by atoms with Gasteiger partial charge in [0.25, 0.3) is 0 Å². The smallest absolute Gasteiger partial charge is 0.159 e. The van der Waals surface area contributed by atoms with Gasteiger partial charge in [-0.25, -0.2) is 0 Å². The molecule has 2 nitrogen and oxygen atoms in total.